The molecule has 2 aromatic carbocycles. The molecule has 7 heteroatoms. The Hall–Kier alpha value is -1.41. The monoisotopic (exact) mass is 413 g/mol. The fraction of sp³-hybridized carbons (Fsp3) is 0.294. The fourth-order valence-electron chi connectivity index (χ4n) is 2.26. The van der Waals surface area contributed by atoms with Crippen LogP contribution in [0.1, 0.15) is 5.56 Å². The molecule has 0 amide bonds. The third kappa shape index (κ3) is 4.57. The molecule has 0 N–H and O–H groups in total. The summed E-state index contributed by atoms with van der Waals surface area (Å²) in [6, 6.07) is 14.4. The van der Waals surface area contributed by atoms with Gasteiger partial charge in [0.25, 0.3) is 0 Å². The molecular weight excluding hydrogens is 394 g/mol. The van der Waals surface area contributed by atoms with Crippen molar-refractivity contribution in [3.8, 4) is 5.75 Å². The van der Waals surface area contributed by atoms with Crippen molar-refractivity contribution in [2.75, 3.05) is 27.4 Å². The number of hydrogen-bond donors (Lipinski definition) is 0. The zero-order valence-corrected chi connectivity index (χ0v) is 16.0. The lowest BCUT2D eigenvalue weighted by Gasteiger charge is -2.23. The van der Waals surface area contributed by atoms with Gasteiger partial charge in [-0.15, -0.1) is 0 Å². The Kier molecular flexibility index (Phi) is 6.79. The topological polar surface area (TPSA) is 55.8 Å². The van der Waals surface area contributed by atoms with Gasteiger partial charge in [0.15, 0.2) is 0 Å². The van der Waals surface area contributed by atoms with Gasteiger partial charge >= 0.3 is 0 Å². The van der Waals surface area contributed by atoms with Crippen LogP contribution in [0.4, 0.5) is 0 Å². The Bertz CT molecular complexity index is 765. The Morgan fingerprint density at radius 3 is 2.42 bits per heavy atom. The fourth-order valence-corrected chi connectivity index (χ4v) is 4.36. The second-order valence-electron chi connectivity index (χ2n) is 5.11. The number of halogens is 1. The molecular formula is C17H20BrNO4S. The molecule has 24 heavy (non-hydrogen) atoms. The van der Waals surface area contributed by atoms with Gasteiger partial charge in [0, 0.05) is 24.7 Å². The molecule has 0 heterocycles. The molecule has 0 aromatic heterocycles. The van der Waals surface area contributed by atoms with E-state index in [9.17, 15) is 8.42 Å². The van der Waals surface area contributed by atoms with Crippen LogP contribution < -0.4 is 4.74 Å². The summed E-state index contributed by atoms with van der Waals surface area (Å²) in [4.78, 5) is 0.131. The molecule has 2 aromatic rings. The van der Waals surface area contributed by atoms with Gasteiger partial charge in [-0.25, -0.2) is 8.42 Å². The average molecular weight is 414 g/mol. The van der Waals surface area contributed by atoms with Gasteiger partial charge in [-0.3, -0.25) is 0 Å². The molecule has 0 spiro atoms. The van der Waals surface area contributed by atoms with E-state index in [2.05, 4.69) is 15.9 Å². The van der Waals surface area contributed by atoms with Crippen molar-refractivity contribution in [1.82, 2.24) is 4.31 Å². The number of methoxy groups -OCH3 is 2. The molecule has 0 unspecified atom stereocenters. The zero-order valence-electron chi connectivity index (χ0n) is 13.6. The predicted octanol–water partition coefficient (Wildman–Crippen LogP) is 3.30. The van der Waals surface area contributed by atoms with Crippen LogP contribution in [-0.4, -0.2) is 40.1 Å². The molecule has 0 saturated heterocycles. The van der Waals surface area contributed by atoms with Gasteiger partial charge in [0.2, 0.25) is 10.0 Å². The van der Waals surface area contributed by atoms with Crippen molar-refractivity contribution in [2.24, 2.45) is 0 Å². The highest BCUT2D eigenvalue weighted by atomic mass is 79.9. The number of benzene rings is 2. The summed E-state index contributed by atoms with van der Waals surface area (Å²) in [7, 11) is -0.733. The Morgan fingerprint density at radius 1 is 1.08 bits per heavy atom. The quantitative estimate of drug-likeness (QED) is 0.665. The van der Waals surface area contributed by atoms with Crippen LogP contribution in [0.2, 0.25) is 0 Å². The van der Waals surface area contributed by atoms with Crippen LogP contribution >= 0.6 is 15.9 Å². The molecule has 0 aliphatic carbocycles. The normalized spacial score (nSPS) is 11.7. The minimum Gasteiger partial charge on any atom is -0.495 e. The lowest BCUT2D eigenvalue weighted by Crippen LogP contribution is -2.33. The highest BCUT2D eigenvalue weighted by molar-refractivity contribution is 9.10. The lowest BCUT2D eigenvalue weighted by molar-refractivity contribution is 0.177. The van der Waals surface area contributed by atoms with Crippen LogP contribution in [0, 0.1) is 0 Å². The summed E-state index contributed by atoms with van der Waals surface area (Å²) in [6.45, 7) is 0.827. The first-order valence-electron chi connectivity index (χ1n) is 7.35. The first kappa shape index (κ1) is 18.9. The number of rotatable bonds is 8. The maximum atomic E-state index is 13.1. The van der Waals surface area contributed by atoms with Crippen molar-refractivity contribution in [2.45, 2.75) is 11.4 Å². The number of hydrogen-bond acceptors (Lipinski definition) is 4. The molecule has 5 nitrogen and oxygen atoms in total. The molecule has 2 rings (SSSR count). The van der Waals surface area contributed by atoms with E-state index < -0.39 is 10.0 Å². The second kappa shape index (κ2) is 8.62. The van der Waals surface area contributed by atoms with E-state index in [1.807, 2.05) is 30.3 Å². The molecule has 0 bridgehead atoms. The smallest absolute Gasteiger partial charge is 0.247 e. The second-order valence-corrected chi connectivity index (χ2v) is 7.93. The summed E-state index contributed by atoms with van der Waals surface area (Å²) < 4.78 is 38.7. The molecule has 0 fully saturated rings. The summed E-state index contributed by atoms with van der Waals surface area (Å²) in [5.74, 6) is 0.314. The van der Waals surface area contributed by atoms with E-state index in [1.165, 1.54) is 11.4 Å². The molecule has 0 atom stereocenters. The van der Waals surface area contributed by atoms with Crippen LogP contribution in [-0.2, 0) is 21.3 Å². The lowest BCUT2D eigenvalue weighted by atomic mass is 10.2. The number of sulfonamides is 1. The van der Waals surface area contributed by atoms with Crippen LogP contribution in [0.3, 0.4) is 0 Å². The Balaban J connectivity index is 2.41. The van der Waals surface area contributed by atoms with Gasteiger partial charge in [0.05, 0.1) is 13.7 Å². The number of nitrogens with zero attached hydrogens (tertiary/aromatic N) is 1. The van der Waals surface area contributed by atoms with Crippen molar-refractivity contribution < 1.29 is 17.9 Å². The van der Waals surface area contributed by atoms with Gasteiger partial charge < -0.3 is 9.47 Å². The van der Waals surface area contributed by atoms with E-state index in [0.29, 0.717) is 16.8 Å². The summed E-state index contributed by atoms with van der Waals surface area (Å²) in [6.07, 6.45) is 0. The van der Waals surface area contributed by atoms with Crippen molar-refractivity contribution in [1.29, 1.82) is 0 Å². The highest BCUT2D eigenvalue weighted by Crippen LogP contribution is 2.30. The maximum Gasteiger partial charge on any atom is 0.247 e. The summed E-state index contributed by atoms with van der Waals surface area (Å²) >= 11 is 3.32. The zero-order chi connectivity index (χ0) is 17.6. The van der Waals surface area contributed by atoms with Crippen molar-refractivity contribution in [3.63, 3.8) is 0 Å². The third-order valence-corrected chi connectivity index (χ3v) is 5.85. The molecule has 130 valence electrons. The van der Waals surface area contributed by atoms with Crippen molar-refractivity contribution in [3.05, 3.63) is 58.6 Å². The van der Waals surface area contributed by atoms with Crippen molar-refractivity contribution >= 4 is 26.0 Å². The van der Waals surface area contributed by atoms with E-state index in [-0.39, 0.29) is 18.0 Å². The standard InChI is InChI=1S/C17H20BrNO4S/c1-22-11-10-19(13-14-6-4-3-5-7-14)24(20,21)17-12-15(18)8-9-16(17)23-2/h3-9,12H,10-11,13H2,1-2H3. The predicted molar refractivity (Wildman–Crippen MR) is 96.6 cm³/mol. The minimum absolute atomic E-state index is 0.131. The molecule has 0 aliphatic heterocycles. The van der Waals surface area contributed by atoms with Crippen LogP contribution in [0.15, 0.2) is 57.9 Å². The van der Waals surface area contributed by atoms with Gasteiger partial charge in [-0.2, -0.15) is 4.31 Å². The number of ether oxygens (including phenoxy) is 2. The minimum atomic E-state index is -3.74. The van der Waals surface area contributed by atoms with E-state index >= 15 is 0 Å². The molecule has 0 radical (unpaired) electrons. The first-order chi connectivity index (χ1) is 11.5. The van der Waals surface area contributed by atoms with Gasteiger partial charge in [-0.05, 0) is 23.8 Å². The third-order valence-electron chi connectivity index (χ3n) is 3.49. The maximum absolute atomic E-state index is 13.1. The summed E-state index contributed by atoms with van der Waals surface area (Å²) in [5, 5.41) is 0. The van der Waals surface area contributed by atoms with Gasteiger partial charge in [-0.1, -0.05) is 46.3 Å². The molecule has 0 aliphatic rings. The molecule has 0 saturated carbocycles. The average Bonchev–Trinajstić information content (AvgIpc) is 2.59. The van der Waals surface area contributed by atoms with Gasteiger partial charge in [0.1, 0.15) is 10.6 Å². The summed E-state index contributed by atoms with van der Waals surface area (Å²) in [5.41, 5.74) is 0.908. The van der Waals surface area contributed by atoms with E-state index in [4.69, 9.17) is 9.47 Å². The van der Waals surface area contributed by atoms with Crippen LogP contribution in [0.25, 0.3) is 0 Å². The Morgan fingerprint density at radius 2 is 1.79 bits per heavy atom. The first-order valence-corrected chi connectivity index (χ1v) is 9.59. The van der Waals surface area contributed by atoms with Crippen LogP contribution in [0.5, 0.6) is 5.75 Å². The van der Waals surface area contributed by atoms with E-state index in [0.717, 1.165) is 5.56 Å². The SMILES string of the molecule is COCCN(Cc1ccccc1)S(=O)(=O)c1cc(Br)ccc1OC. The Labute approximate surface area is 151 Å². The highest BCUT2D eigenvalue weighted by Gasteiger charge is 2.28. The largest absolute Gasteiger partial charge is 0.495 e. The van der Waals surface area contributed by atoms with E-state index in [1.54, 1.807) is 25.3 Å².